The molecule has 1 N–H and O–H groups in total. The summed E-state index contributed by atoms with van der Waals surface area (Å²) in [5.74, 6) is 0.806. The van der Waals surface area contributed by atoms with Gasteiger partial charge >= 0.3 is 0 Å². The third kappa shape index (κ3) is 3.98. The number of benzene rings is 1. The van der Waals surface area contributed by atoms with Gasteiger partial charge in [-0.25, -0.2) is 8.42 Å². The fraction of sp³-hybridized carbons (Fsp3) is 0.611. The topological polar surface area (TPSA) is 75.7 Å². The van der Waals surface area contributed by atoms with Crippen LogP contribution < -0.4 is 10.1 Å². The minimum atomic E-state index is -3.56. The van der Waals surface area contributed by atoms with E-state index in [2.05, 4.69) is 12.2 Å². The molecule has 1 saturated carbocycles. The van der Waals surface area contributed by atoms with Gasteiger partial charge in [0.1, 0.15) is 5.75 Å². The summed E-state index contributed by atoms with van der Waals surface area (Å²) in [7, 11) is -3.56. The number of rotatable bonds is 8. The lowest BCUT2D eigenvalue weighted by atomic mass is 10.1. The van der Waals surface area contributed by atoms with E-state index >= 15 is 0 Å². The first-order valence-corrected chi connectivity index (χ1v) is 10.5. The molecule has 0 radical (unpaired) electrons. The van der Waals surface area contributed by atoms with E-state index < -0.39 is 16.1 Å². The van der Waals surface area contributed by atoms with E-state index in [1.54, 1.807) is 12.1 Å². The molecule has 1 amide bonds. The van der Waals surface area contributed by atoms with Crippen molar-refractivity contribution in [3.8, 4) is 5.75 Å². The molecule has 1 aliphatic carbocycles. The molecule has 2 aliphatic rings. The Bertz CT molecular complexity index is 743. The second-order valence-electron chi connectivity index (χ2n) is 6.79. The number of anilines is 1. The second-order valence-corrected chi connectivity index (χ2v) is 8.73. The van der Waals surface area contributed by atoms with Crippen LogP contribution in [0.1, 0.15) is 46.0 Å². The van der Waals surface area contributed by atoms with Crippen molar-refractivity contribution in [2.45, 2.75) is 57.0 Å². The molecule has 0 bridgehead atoms. The van der Waals surface area contributed by atoms with E-state index in [-0.39, 0.29) is 10.8 Å². The van der Waals surface area contributed by atoms with Crippen LogP contribution in [0.15, 0.2) is 23.1 Å². The van der Waals surface area contributed by atoms with Crippen molar-refractivity contribution in [1.82, 2.24) is 4.31 Å². The zero-order valence-corrected chi connectivity index (χ0v) is 15.6. The number of hydrogen-bond acceptors (Lipinski definition) is 4. The molecule has 25 heavy (non-hydrogen) atoms. The van der Waals surface area contributed by atoms with Gasteiger partial charge in [-0.3, -0.25) is 4.79 Å². The maximum Gasteiger partial charge on any atom is 0.265 e. The average molecular weight is 366 g/mol. The zero-order valence-electron chi connectivity index (χ0n) is 14.8. The maximum atomic E-state index is 12.9. The molecule has 1 atom stereocenters. The Balaban J connectivity index is 1.81. The SMILES string of the molecule is CCCC[C@H]1Oc2ccc(S(=O)(=O)N(CC)CC3CC3)cc2NC1=O. The molecule has 0 unspecified atom stereocenters. The molecule has 0 spiro atoms. The van der Waals surface area contributed by atoms with Crippen molar-refractivity contribution in [3.05, 3.63) is 18.2 Å². The van der Waals surface area contributed by atoms with Gasteiger partial charge in [0, 0.05) is 13.1 Å². The van der Waals surface area contributed by atoms with Crippen LogP contribution >= 0.6 is 0 Å². The summed E-state index contributed by atoms with van der Waals surface area (Å²) in [6.45, 7) is 4.92. The Kier molecular flexibility index (Phi) is 5.34. The van der Waals surface area contributed by atoms with E-state index in [1.165, 1.54) is 10.4 Å². The van der Waals surface area contributed by atoms with Crippen LogP contribution in [-0.2, 0) is 14.8 Å². The number of fused-ring (bicyclic) bond motifs is 1. The van der Waals surface area contributed by atoms with Crippen LogP contribution in [0.5, 0.6) is 5.75 Å². The minimum Gasteiger partial charge on any atom is -0.478 e. The summed E-state index contributed by atoms with van der Waals surface area (Å²) in [6.07, 6.45) is 4.25. The van der Waals surface area contributed by atoms with Crippen molar-refractivity contribution >= 4 is 21.6 Å². The van der Waals surface area contributed by atoms with Crippen LogP contribution in [0.2, 0.25) is 0 Å². The molecule has 0 aromatic heterocycles. The number of carbonyl (C=O) groups excluding carboxylic acids is 1. The van der Waals surface area contributed by atoms with Crippen LogP contribution in [0.25, 0.3) is 0 Å². The van der Waals surface area contributed by atoms with Crippen LogP contribution in [0.3, 0.4) is 0 Å². The Hall–Kier alpha value is -1.60. The normalized spacial score (nSPS) is 20.1. The van der Waals surface area contributed by atoms with Gasteiger partial charge in [0.25, 0.3) is 5.91 Å². The van der Waals surface area contributed by atoms with Gasteiger partial charge in [-0.1, -0.05) is 20.3 Å². The summed E-state index contributed by atoms with van der Waals surface area (Å²) < 4.78 is 33.0. The number of unbranched alkanes of at least 4 members (excludes halogenated alkanes) is 1. The van der Waals surface area contributed by atoms with Gasteiger partial charge < -0.3 is 10.1 Å². The maximum absolute atomic E-state index is 12.9. The predicted octanol–water partition coefficient (Wildman–Crippen LogP) is 3.00. The molecule has 1 heterocycles. The molecule has 1 aliphatic heterocycles. The van der Waals surface area contributed by atoms with E-state index in [0.29, 0.717) is 36.9 Å². The average Bonchev–Trinajstić information content (AvgIpc) is 3.41. The Morgan fingerprint density at radius 3 is 2.68 bits per heavy atom. The van der Waals surface area contributed by atoms with Crippen molar-refractivity contribution in [3.63, 3.8) is 0 Å². The summed E-state index contributed by atoms with van der Waals surface area (Å²) in [6, 6.07) is 4.72. The monoisotopic (exact) mass is 366 g/mol. The van der Waals surface area contributed by atoms with E-state index in [1.807, 2.05) is 6.92 Å². The molecular formula is C18H26N2O4S. The first-order valence-electron chi connectivity index (χ1n) is 9.07. The summed E-state index contributed by atoms with van der Waals surface area (Å²) in [4.78, 5) is 12.4. The van der Waals surface area contributed by atoms with Crippen molar-refractivity contribution < 1.29 is 17.9 Å². The summed E-state index contributed by atoms with van der Waals surface area (Å²) in [5, 5.41) is 2.79. The van der Waals surface area contributed by atoms with E-state index in [4.69, 9.17) is 4.74 Å². The highest BCUT2D eigenvalue weighted by molar-refractivity contribution is 7.89. The predicted molar refractivity (Wildman–Crippen MR) is 96.2 cm³/mol. The summed E-state index contributed by atoms with van der Waals surface area (Å²) >= 11 is 0. The highest BCUT2D eigenvalue weighted by Gasteiger charge is 2.32. The standard InChI is InChI=1S/C18H26N2O4S/c1-3-5-6-17-18(21)19-15-11-14(9-10-16(15)24-17)25(22,23)20(4-2)12-13-7-8-13/h9-11,13,17H,3-8,12H2,1-2H3,(H,19,21)/t17-/m1/s1. The highest BCUT2D eigenvalue weighted by Crippen LogP contribution is 2.35. The lowest BCUT2D eigenvalue weighted by Crippen LogP contribution is -2.37. The first-order chi connectivity index (χ1) is 12.0. The highest BCUT2D eigenvalue weighted by atomic mass is 32.2. The Labute approximate surface area is 149 Å². The van der Waals surface area contributed by atoms with E-state index in [0.717, 1.165) is 25.7 Å². The molecule has 6 nitrogen and oxygen atoms in total. The number of nitrogens with one attached hydrogen (secondary N) is 1. The van der Waals surface area contributed by atoms with Gasteiger partial charge in [-0.05, 0) is 49.8 Å². The number of nitrogens with zero attached hydrogens (tertiary/aromatic N) is 1. The van der Waals surface area contributed by atoms with Gasteiger partial charge in [0.15, 0.2) is 6.10 Å². The number of sulfonamides is 1. The van der Waals surface area contributed by atoms with Crippen molar-refractivity contribution in [2.24, 2.45) is 5.92 Å². The Morgan fingerprint density at radius 2 is 2.04 bits per heavy atom. The largest absolute Gasteiger partial charge is 0.478 e. The number of ether oxygens (including phenoxy) is 1. The molecule has 138 valence electrons. The Morgan fingerprint density at radius 1 is 1.28 bits per heavy atom. The third-order valence-electron chi connectivity index (χ3n) is 4.74. The molecule has 0 saturated heterocycles. The van der Waals surface area contributed by atoms with Crippen molar-refractivity contribution in [1.29, 1.82) is 0 Å². The lowest BCUT2D eigenvalue weighted by molar-refractivity contribution is -0.123. The molecule has 1 fully saturated rings. The molecule has 1 aromatic carbocycles. The fourth-order valence-electron chi connectivity index (χ4n) is 3.00. The van der Waals surface area contributed by atoms with Crippen LogP contribution in [0, 0.1) is 5.92 Å². The minimum absolute atomic E-state index is 0.199. The van der Waals surface area contributed by atoms with Gasteiger partial charge in [-0.2, -0.15) is 4.31 Å². The lowest BCUT2D eigenvalue weighted by Gasteiger charge is -2.27. The summed E-state index contributed by atoms with van der Waals surface area (Å²) in [5.41, 5.74) is 0.432. The number of amides is 1. The van der Waals surface area contributed by atoms with Crippen molar-refractivity contribution in [2.75, 3.05) is 18.4 Å². The van der Waals surface area contributed by atoms with Crippen LogP contribution in [-0.4, -0.2) is 37.8 Å². The molecule has 3 rings (SSSR count). The smallest absolute Gasteiger partial charge is 0.265 e. The van der Waals surface area contributed by atoms with Gasteiger partial charge in [-0.15, -0.1) is 0 Å². The molecule has 7 heteroatoms. The fourth-order valence-corrected chi connectivity index (χ4v) is 4.56. The van der Waals surface area contributed by atoms with E-state index in [9.17, 15) is 13.2 Å². The number of carbonyl (C=O) groups is 1. The third-order valence-corrected chi connectivity index (χ3v) is 6.68. The van der Waals surface area contributed by atoms with Gasteiger partial charge in [0.2, 0.25) is 10.0 Å². The van der Waals surface area contributed by atoms with Gasteiger partial charge in [0.05, 0.1) is 10.6 Å². The quantitative estimate of drug-likeness (QED) is 0.767. The molecular weight excluding hydrogens is 340 g/mol. The first kappa shape index (κ1) is 18.2. The number of hydrogen-bond donors (Lipinski definition) is 1. The zero-order chi connectivity index (χ0) is 18.0. The van der Waals surface area contributed by atoms with Crippen LogP contribution in [0.4, 0.5) is 5.69 Å². The second kappa shape index (κ2) is 7.33. The molecule has 1 aromatic rings.